The maximum absolute atomic E-state index is 6.30. The van der Waals surface area contributed by atoms with Crippen LogP contribution in [0, 0.1) is 0 Å². The molecule has 0 amide bonds. The van der Waals surface area contributed by atoms with Crippen LogP contribution in [0.2, 0.25) is 5.02 Å². The molecule has 2 atom stereocenters. The molecule has 1 saturated heterocycles. The predicted octanol–water partition coefficient (Wildman–Crippen LogP) is 2.69. The van der Waals surface area contributed by atoms with Crippen LogP contribution in [0.4, 0.5) is 0 Å². The van der Waals surface area contributed by atoms with E-state index in [4.69, 9.17) is 16.3 Å². The maximum atomic E-state index is 6.30. The first-order valence-corrected chi connectivity index (χ1v) is 8.30. The molecule has 1 aromatic heterocycles. The van der Waals surface area contributed by atoms with Gasteiger partial charge in [0, 0.05) is 17.6 Å². The minimum atomic E-state index is 0.212. The van der Waals surface area contributed by atoms with E-state index < -0.39 is 0 Å². The lowest BCUT2D eigenvalue weighted by Gasteiger charge is -2.34. The molecular formula is C14H17BrClN5O. The Morgan fingerprint density at radius 2 is 2.05 bits per heavy atom. The summed E-state index contributed by atoms with van der Waals surface area (Å²) in [7, 11) is 0. The minimum Gasteiger partial charge on any atom is -0.373 e. The van der Waals surface area contributed by atoms with Crippen molar-refractivity contribution in [1.82, 2.24) is 25.1 Å². The van der Waals surface area contributed by atoms with Gasteiger partial charge in [-0.15, -0.1) is 5.10 Å². The van der Waals surface area contributed by atoms with Gasteiger partial charge in [0.15, 0.2) is 5.82 Å². The monoisotopic (exact) mass is 385 g/mol. The molecule has 1 aromatic carbocycles. The highest BCUT2D eigenvalue weighted by atomic mass is 79.9. The lowest BCUT2D eigenvalue weighted by Crippen LogP contribution is -2.45. The van der Waals surface area contributed by atoms with Crippen molar-refractivity contribution in [1.29, 1.82) is 0 Å². The number of hydrogen-bond acceptors (Lipinski definition) is 5. The van der Waals surface area contributed by atoms with Gasteiger partial charge >= 0.3 is 0 Å². The molecule has 0 saturated carbocycles. The quantitative estimate of drug-likeness (QED) is 0.812. The van der Waals surface area contributed by atoms with E-state index in [1.165, 1.54) is 0 Å². The second-order valence-corrected chi connectivity index (χ2v) is 6.88. The Labute approximate surface area is 142 Å². The zero-order chi connectivity index (χ0) is 15.7. The van der Waals surface area contributed by atoms with Crippen LogP contribution in [-0.4, -0.2) is 50.4 Å². The lowest BCUT2D eigenvalue weighted by atomic mass is 10.2. The van der Waals surface area contributed by atoms with Crippen LogP contribution in [0.5, 0.6) is 0 Å². The van der Waals surface area contributed by atoms with Crippen molar-refractivity contribution < 1.29 is 4.74 Å². The van der Waals surface area contributed by atoms with Crippen LogP contribution in [0.3, 0.4) is 0 Å². The molecule has 1 aliphatic rings. The molecule has 22 heavy (non-hydrogen) atoms. The first-order valence-electron chi connectivity index (χ1n) is 7.13. The highest BCUT2D eigenvalue weighted by molar-refractivity contribution is 9.10. The number of nitrogens with zero attached hydrogens (tertiary/aromatic N) is 5. The minimum absolute atomic E-state index is 0.212. The first-order chi connectivity index (χ1) is 10.5. The summed E-state index contributed by atoms with van der Waals surface area (Å²) < 4.78 is 8.37. The van der Waals surface area contributed by atoms with Gasteiger partial charge in [-0.25, -0.2) is 0 Å². The normalized spacial score (nSPS) is 22.9. The van der Waals surface area contributed by atoms with Crippen LogP contribution < -0.4 is 0 Å². The van der Waals surface area contributed by atoms with Gasteiger partial charge in [-0.05, 0) is 42.5 Å². The molecular weight excluding hydrogens is 370 g/mol. The highest BCUT2D eigenvalue weighted by Gasteiger charge is 2.24. The largest absolute Gasteiger partial charge is 0.373 e. The van der Waals surface area contributed by atoms with Crippen molar-refractivity contribution in [2.24, 2.45) is 0 Å². The number of halogens is 2. The van der Waals surface area contributed by atoms with Gasteiger partial charge in [0.1, 0.15) is 0 Å². The molecule has 8 heteroatoms. The third-order valence-electron chi connectivity index (χ3n) is 3.53. The number of tetrazole rings is 1. The number of morpholine rings is 1. The van der Waals surface area contributed by atoms with Gasteiger partial charge in [0.2, 0.25) is 0 Å². The zero-order valence-corrected chi connectivity index (χ0v) is 14.8. The lowest BCUT2D eigenvalue weighted by molar-refractivity contribution is -0.0712. The summed E-state index contributed by atoms with van der Waals surface area (Å²) in [4.78, 5) is 2.30. The maximum Gasteiger partial charge on any atom is 0.170 e. The second kappa shape index (κ2) is 6.62. The molecule has 2 aromatic rings. The number of ether oxygens (including phenoxy) is 1. The van der Waals surface area contributed by atoms with E-state index in [9.17, 15) is 0 Å². The number of hydrogen-bond donors (Lipinski definition) is 0. The van der Waals surface area contributed by atoms with Crippen molar-refractivity contribution in [3.8, 4) is 5.69 Å². The Balaban J connectivity index is 1.83. The molecule has 0 unspecified atom stereocenters. The van der Waals surface area contributed by atoms with Crippen molar-refractivity contribution in [3.63, 3.8) is 0 Å². The number of aromatic nitrogens is 4. The average molecular weight is 387 g/mol. The van der Waals surface area contributed by atoms with Crippen LogP contribution >= 0.6 is 27.5 Å². The van der Waals surface area contributed by atoms with E-state index >= 15 is 0 Å². The molecule has 0 N–H and O–H groups in total. The van der Waals surface area contributed by atoms with Gasteiger partial charge in [0.25, 0.3) is 0 Å². The summed E-state index contributed by atoms with van der Waals surface area (Å²) in [6, 6.07) is 5.66. The van der Waals surface area contributed by atoms with Crippen molar-refractivity contribution in [2.75, 3.05) is 13.1 Å². The smallest absolute Gasteiger partial charge is 0.170 e. The van der Waals surface area contributed by atoms with E-state index in [1.807, 2.05) is 18.2 Å². The molecule has 118 valence electrons. The molecule has 0 radical (unpaired) electrons. The average Bonchev–Trinajstić information content (AvgIpc) is 2.85. The third-order valence-corrected chi connectivity index (χ3v) is 4.33. The molecule has 6 nitrogen and oxygen atoms in total. The van der Waals surface area contributed by atoms with Crippen LogP contribution in [0.15, 0.2) is 22.7 Å². The number of benzene rings is 1. The van der Waals surface area contributed by atoms with E-state index in [1.54, 1.807) is 4.68 Å². The van der Waals surface area contributed by atoms with E-state index in [2.05, 4.69) is 50.2 Å². The van der Waals surface area contributed by atoms with Gasteiger partial charge in [-0.2, -0.15) is 4.68 Å². The highest BCUT2D eigenvalue weighted by Crippen LogP contribution is 2.25. The van der Waals surface area contributed by atoms with Crippen molar-refractivity contribution in [3.05, 3.63) is 33.5 Å². The fourth-order valence-corrected chi connectivity index (χ4v) is 3.51. The van der Waals surface area contributed by atoms with Crippen molar-refractivity contribution in [2.45, 2.75) is 32.6 Å². The van der Waals surface area contributed by atoms with E-state index in [0.29, 0.717) is 11.6 Å². The molecule has 3 rings (SSSR count). The van der Waals surface area contributed by atoms with E-state index in [0.717, 1.165) is 29.1 Å². The van der Waals surface area contributed by atoms with Gasteiger partial charge < -0.3 is 4.74 Å². The first kappa shape index (κ1) is 15.9. The molecule has 0 spiro atoms. The Hall–Kier alpha value is -1.02. The standard InChI is InChI=1S/C14H17BrClN5O/c1-9-6-20(7-10(2)22-9)8-14-17-18-19-21(14)13-4-3-11(15)5-12(13)16/h3-5,9-10H,6-8H2,1-2H3/t9-,10+. The third kappa shape index (κ3) is 3.48. The van der Waals surface area contributed by atoms with Crippen LogP contribution in [0.1, 0.15) is 19.7 Å². The van der Waals surface area contributed by atoms with Gasteiger partial charge in [0.05, 0.1) is 29.5 Å². The second-order valence-electron chi connectivity index (χ2n) is 5.55. The van der Waals surface area contributed by atoms with Gasteiger partial charge in [-0.1, -0.05) is 27.5 Å². The fraction of sp³-hybridized carbons (Fsp3) is 0.500. The molecule has 1 fully saturated rings. The molecule has 0 bridgehead atoms. The molecule has 1 aliphatic heterocycles. The van der Waals surface area contributed by atoms with Crippen LogP contribution in [-0.2, 0) is 11.3 Å². The van der Waals surface area contributed by atoms with Gasteiger partial charge in [-0.3, -0.25) is 4.90 Å². The summed E-state index contributed by atoms with van der Waals surface area (Å²) in [5.41, 5.74) is 0.777. The van der Waals surface area contributed by atoms with E-state index in [-0.39, 0.29) is 12.2 Å². The molecule has 2 heterocycles. The Morgan fingerprint density at radius 3 is 2.73 bits per heavy atom. The molecule has 0 aliphatic carbocycles. The fourth-order valence-electron chi connectivity index (χ4n) is 2.76. The SMILES string of the molecule is C[C@@H]1CN(Cc2nnnn2-c2ccc(Br)cc2Cl)C[C@H](C)O1. The topological polar surface area (TPSA) is 56.1 Å². The summed E-state index contributed by atoms with van der Waals surface area (Å²) in [6.07, 6.45) is 0.425. The Bertz CT molecular complexity index is 654. The predicted molar refractivity (Wildman–Crippen MR) is 87.2 cm³/mol. The number of rotatable bonds is 3. The summed E-state index contributed by atoms with van der Waals surface area (Å²) in [5, 5.41) is 12.6. The Kier molecular flexibility index (Phi) is 4.77. The summed E-state index contributed by atoms with van der Waals surface area (Å²) >= 11 is 9.71. The zero-order valence-electron chi connectivity index (χ0n) is 12.4. The van der Waals surface area contributed by atoms with Crippen LogP contribution in [0.25, 0.3) is 5.69 Å². The van der Waals surface area contributed by atoms with Crippen molar-refractivity contribution >= 4 is 27.5 Å². The summed E-state index contributed by atoms with van der Waals surface area (Å²) in [5.74, 6) is 0.769. The summed E-state index contributed by atoms with van der Waals surface area (Å²) in [6.45, 7) is 6.56. The Morgan fingerprint density at radius 1 is 1.32 bits per heavy atom.